The van der Waals surface area contributed by atoms with Crippen molar-refractivity contribution < 1.29 is 42.5 Å². The maximum atomic E-state index is 17.0. The molecule has 8 heterocycles. The minimum Gasteiger partial charge on any atom is -0.464 e. The maximum Gasteiger partial charge on any atom is 0.407 e. The predicted octanol–water partition coefficient (Wildman–Crippen LogP) is 9.35. The van der Waals surface area contributed by atoms with Gasteiger partial charge in [0.2, 0.25) is 18.0 Å². The lowest BCUT2D eigenvalue weighted by molar-refractivity contribution is -0.138. The van der Waals surface area contributed by atoms with Crippen molar-refractivity contribution in [3.63, 3.8) is 0 Å². The summed E-state index contributed by atoms with van der Waals surface area (Å²) in [6.45, 7) is 8.79. The van der Waals surface area contributed by atoms with Crippen LogP contribution in [0.3, 0.4) is 0 Å². The molecule has 7 atom stereocenters. The Morgan fingerprint density at radius 2 is 1.47 bits per heavy atom. The Labute approximate surface area is 426 Å². The summed E-state index contributed by atoms with van der Waals surface area (Å²) in [6.07, 6.45) is 8.88. The molecule has 3 fully saturated rings. The molecular formula is C54H62FN9O8S. The number of aryl methyl sites for hydroxylation is 2. The lowest BCUT2D eigenvalue weighted by Crippen LogP contribution is -2.54. The summed E-state index contributed by atoms with van der Waals surface area (Å²) in [5, 5.41) is 6.45. The van der Waals surface area contributed by atoms with Crippen molar-refractivity contribution in [2.45, 2.75) is 128 Å². The fourth-order valence-corrected chi connectivity index (χ4v) is 13.3. The summed E-state index contributed by atoms with van der Waals surface area (Å²) in [5.74, 6) is 0.541. The molecule has 1 aliphatic carbocycles. The molecule has 5 aliphatic rings. The van der Waals surface area contributed by atoms with Crippen molar-refractivity contribution in [2.75, 3.05) is 27.3 Å². The first-order valence-corrected chi connectivity index (χ1v) is 26.4. The van der Waals surface area contributed by atoms with Crippen LogP contribution in [0.15, 0.2) is 54.9 Å². The van der Waals surface area contributed by atoms with Crippen LogP contribution in [-0.2, 0) is 36.6 Å². The molecular weight excluding hydrogens is 954 g/mol. The van der Waals surface area contributed by atoms with E-state index in [1.54, 1.807) is 28.6 Å². The monoisotopic (exact) mass is 1020 g/mol. The number of aromatic amines is 2. The number of hydrogen-bond acceptors (Lipinski definition) is 11. The Kier molecular flexibility index (Phi) is 13.0. The topological polar surface area (TPSA) is 198 Å². The van der Waals surface area contributed by atoms with Crippen LogP contribution < -0.4 is 15.4 Å². The minimum atomic E-state index is -0.770. The molecule has 0 saturated carbocycles. The molecule has 2 aromatic carbocycles. The second-order valence-corrected chi connectivity index (χ2v) is 21.8. The number of carbonyl (C=O) groups is 4. The Morgan fingerprint density at radius 3 is 2.12 bits per heavy atom. The molecule has 4 amide bonds. The number of imidazole rings is 2. The fraction of sp³-hybridized carbons (Fsp3) is 0.481. The third kappa shape index (κ3) is 9.01. The number of fused-ring (bicyclic) bond motifs is 6. The number of alkyl carbamates (subject to hydrolysis) is 2. The highest BCUT2D eigenvalue weighted by molar-refractivity contribution is 7.12. The number of hydrogen-bond donors (Lipinski definition) is 4. The number of likely N-dealkylation sites (tertiary alicyclic amines) is 2. The number of benzene rings is 2. The van der Waals surface area contributed by atoms with Crippen LogP contribution in [0.1, 0.15) is 118 Å². The van der Waals surface area contributed by atoms with E-state index in [0.29, 0.717) is 78.7 Å². The van der Waals surface area contributed by atoms with Gasteiger partial charge in [-0.3, -0.25) is 14.2 Å². The van der Waals surface area contributed by atoms with E-state index in [-0.39, 0.29) is 47.9 Å². The molecule has 384 valence electrons. The van der Waals surface area contributed by atoms with Crippen LogP contribution in [0.2, 0.25) is 0 Å². The molecule has 0 bridgehead atoms. The predicted molar refractivity (Wildman–Crippen MR) is 271 cm³/mol. The van der Waals surface area contributed by atoms with Crippen LogP contribution in [0.25, 0.3) is 44.7 Å². The van der Waals surface area contributed by atoms with Gasteiger partial charge in [0, 0.05) is 34.5 Å². The highest BCUT2D eigenvalue weighted by Crippen LogP contribution is 2.49. The molecule has 6 aromatic rings. The van der Waals surface area contributed by atoms with Gasteiger partial charge in [-0.15, -0.1) is 11.3 Å². The van der Waals surface area contributed by atoms with Gasteiger partial charge in [-0.1, -0.05) is 19.9 Å². The number of rotatable bonds is 11. The van der Waals surface area contributed by atoms with Gasteiger partial charge >= 0.3 is 12.2 Å². The third-order valence-corrected chi connectivity index (χ3v) is 16.7. The van der Waals surface area contributed by atoms with Crippen LogP contribution in [-0.4, -0.2) is 110 Å². The Balaban J connectivity index is 0.895. The standard InChI is InChI=1S/C54H62FN9O8S/c1-27(2)46(60-53(67)69-5)50(65)62-16-8-11-39(62)49-57-26-37(59-49)32-21-35(55)45-41-22-33-20-30(14-15-38(33)64(41)52(72-42(45)23-32)44-24-31-10-7-13-43(31)73-44)36-25-56-48(58-36)40-12-9-17-63(40)51(66)47(61-54(68)70-6)34-18-28(3)71-29(4)19-34/h14-15,20-29,34,39-40,46-47,52H,7-13,16-19H2,1-6H3,(H,56,58)(H,57,59)(H,60,67)(H,61,68)/t28?,29?,34?,39-,40-,46-,47?,52?/m0/s1. The first-order valence-electron chi connectivity index (χ1n) is 25.6. The van der Waals surface area contributed by atoms with Gasteiger partial charge in [-0.2, -0.15) is 0 Å². The molecule has 4 unspecified atom stereocenters. The van der Waals surface area contributed by atoms with Gasteiger partial charge < -0.3 is 49.3 Å². The van der Waals surface area contributed by atoms with Crippen molar-refractivity contribution in [1.82, 2.24) is 44.9 Å². The SMILES string of the molecule is COC(=O)NC(C(=O)N1CCC[C@H]1c1ncc(-c2ccc3c(c2)cc2n3C(c3cc4c(s3)CCC4)Oc3cc(-c4cnc([C@@H]5CCCN5C(=O)[C@@H](NC(=O)OC)C(C)C)[nH]4)cc(F)c3-2)[nH]1)C1CC(C)OC(C)C1. The first kappa shape index (κ1) is 48.5. The number of nitrogens with zero attached hydrogens (tertiary/aromatic N) is 5. The van der Waals surface area contributed by atoms with Crippen LogP contribution in [0.4, 0.5) is 14.0 Å². The van der Waals surface area contributed by atoms with Crippen molar-refractivity contribution in [2.24, 2.45) is 11.8 Å². The van der Waals surface area contributed by atoms with Gasteiger partial charge in [0.15, 0.2) is 0 Å². The summed E-state index contributed by atoms with van der Waals surface area (Å²) in [5.41, 5.74) is 6.05. The Bertz CT molecular complexity index is 3070. The fourth-order valence-electron chi connectivity index (χ4n) is 12.0. The number of methoxy groups -OCH3 is 2. The van der Waals surface area contributed by atoms with E-state index in [4.69, 9.17) is 28.9 Å². The van der Waals surface area contributed by atoms with Crippen LogP contribution in [0.5, 0.6) is 5.75 Å². The van der Waals surface area contributed by atoms with E-state index in [0.717, 1.165) is 59.1 Å². The number of carbonyl (C=O) groups excluding carboxylic acids is 4. The third-order valence-electron chi connectivity index (χ3n) is 15.5. The van der Waals surface area contributed by atoms with Crippen molar-refractivity contribution in [1.29, 1.82) is 0 Å². The molecule has 0 radical (unpaired) electrons. The molecule has 4 aliphatic heterocycles. The second kappa shape index (κ2) is 19.6. The largest absolute Gasteiger partial charge is 0.464 e. The van der Waals surface area contributed by atoms with Crippen molar-refractivity contribution >= 4 is 46.2 Å². The smallest absolute Gasteiger partial charge is 0.407 e. The van der Waals surface area contributed by atoms with E-state index in [1.165, 1.54) is 30.7 Å². The second-order valence-electron chi connectivity index (χ2n) is 20.6. The zero-order valence-electron chi connectivity index (χ0n) is 42.0. The van der Waals surface area contributed by atoms with E-state index in [9.17, 15) is 19.2 Å². The summed E-state index contributed by atoms with van der Waals surface area (Å²) >= 11 is 1.75. The van der Waals surface area contributed by atoms with Crippen LogP contribution in [0, 0.1) is 17.7 Å². The van der Waals surface area contributed by atoms with Gasteiger partial charge in [-0.25, -0.2) is 23.9 Å². The molecule has 19 heteroatoms. The molecule has 17 nitrogen and oxygen atoms in total. The average molecular weight is 1020 g/mol. The van der Waals surface area contributed by atoms with Gasteiger partial charge in [0.25, 0.3) is 0 Å². The van der Waals surface area contributed by atoms with E-state index < -0.39 is 36.3 Å². The summed E-state index contributed by atoms with van der Waals surface area (Å²) in [7, 11) is 2.58. The Hall–Kier alpha value is -6.73. The summed E-state index contributed by atoms with van der Waals surface area (Å²) < 4.78 is 41.8. The lowest BCUT2D eigenvalue weighted by Gasteiger charge is -2.38. The number of halogens is 1. The highest BCUT2D eigenvalue weighted by Gasteiger charge is 2.43. The highest BCUT2D eigenvalue weighted by atomic mass is 32.1. The number of amides is 4. The van der Waals surface area contributed by atoms with Crippen LogP contribution >= 0.6 is 11.3 Å². The summed E-state index contributed by atoms with van der Waals surface area (Å²) in [4.78, 5) is 75.6. The summed E-state index contributed by atoms with van der Waals surface area (Å²) in [6, 6.07) is 11.6. The molecule has 73 heavy (non-hydrogen) atoms. The van der Waals surface area contributed by atoms with E-state index >= 15 is 4.39 Å². The molecule has 4 N–H and O–H groups in total. The normalized spacial score (nSPS) is 23.2. The molecule has 4 aromatic heterocycles. The molecule has 0 spiro atoms. The average Bonchev–Trinajstić information content (AvgIpc) is 4.23. The number of H-pyrrole nitrogens is 2. The van der Waals surface area contributed by atoms with Gasteiger partial charge in [0.1, 0.15) is 35.3 Å². The zero-order chi connectivity index (χ0) is 50.8. The van der Waals surface area contributed by atoms with Crippen molar-refractivity contribution in [3.8, 4) is 39.5 Å². The van der Waals surface area contributed by atoms with Gasteiger partial charge in [-0.05, 0) is 125 Å². The van der Waals surface area contributed by atoms with Gasteiger partial charge in [0.05, 0.1) is 83.9 Å². The van der Waals surface area contributed by atoms with E-state index in [1.807, 2.05) is 56.9 Å². The number of thiophene rings is 1. The minimum absolute atomic E-state index is 0.0488. The molecule has 3 saturated heterocycles. The number of nitrogens with one attached hydrogen (secondary N) is 4. The Morgan fingerprint density at radius 1 is 0.808 bits per heavy atom. The molecule has 11 rings (SSSR count). The number of ether oxygens (including phenoxy) is 4. The van der Waals surface area contributed by atoms with E-state index in [2.05, 4.69) is 37.3 Å². The quantitative estimate of drug-likeness (QED) is 0.0970. The lowest BCUT2D eigenvalue weighted by atomic mass is 9.85. The number of aromatic nitrogens is 5. The van der Waals surface area contributed by atoms with Crippen molar-refractivity contribution in [3.05, 3.63) is 87.6 Å². The first-order chi connectivity index (χ1) is 35.3. The maximum absolute atomic E-state index is 17.0. The zero-order valence-corrected chi connectivity index (χ0v) is 42.8.